The first-order chi connectivity index (χ1) is 13.1. The molecule has 0 saturated heterocycles. The van der Waals surface area contributed by atoms with Gasteiger partial charge >= 0.3 is 5.69 Å². The molecule has 0 spiro atoms. The standard InChI is InChI=1S/C21H21ClN2O4/c1-21(2)9-13(25)16-14(10-21)28-19-17(18(26)23(3)20(27)24(19)4)15(16)11-5-7-12(22)8-6-11/h5-8,15H,9-10H2,1-4H3. The van der Waals surface area contributed by atoms with Crippen LogP contribution in [0.1, 0.15) is 43.7 Å². The third-order valence-electron chi connectivity index (χ3n) is 5.52. The minimum atomic E-state index is -0.592. The van der Waals surface area contributed by atoms with E-state index in [1.807, 2.05) is 26.0 Å². The summed E-state index contributed by atoms with van der Waals surface area (Å²) in [5.41, 5.74) is 0.400. The number of benzene rings is 1. The van der Waals surface area contributed by atoms with Gasteiger partial charge in [0.1, 0.15) is 5.76 Å². The van der Waals surface area contributed by atoms with E-state index in [1.54, 1.807) is 19.2 Å². The second-order valence-corrected chi connectivity index (χ2v) is 8.73. The van der Waals surface area contributed by atoms with E-state index >= 15 is 0 Å². The summed E-state index contributed by atoms with van der Waals surface area (Å²) in [5, 5.41) is 0.565. The van der Waals surface area contributed by atoms with Crippen molar-refractivity contribution in [1.82, 2.24) is 9.13 Å². The number of rotatable bonds is 1. The molecule has 0 amide bonds. The maximum atomic E-state index is 13.1. The highest BCUT2D eigenvalue weighted by molar-refractivity contribution is 6.30. The van der Waals surface area contributed by atoms with E-state index < -0.39 is 17.2 Å². The number of aromatic nitrogens is 2. The van der Waals surface area contributed by atoms with Gasteiger partial charge in [-0.15, -0.1) is 0 Å². The van der Waals surface area contributed by atoms with Crippen molar-refractivity contribution < 1.29 is 9.53 Å². The van der Waals surface area contributed by atoms with Crippen LogP contribution in [0.15, 0.2) is 45.2 Å². The van der Waals surface area contributed by atoms with Crippen molar-refractivity contribution >= 4 is 17.4 Å². The van der Waals surface area contributed by atoms with Crippen molar-refractivity contribution in [2.24, 2.45) is 19.5 Å². The van der Waals surface area contributed by atoms with Crippen LogP contribution in [0.4, 0.5) is 0 Å². The van der Waals surface area contributed by atoms with Gasteiger partial charge in [0.05, 0.1) is 11.5 Å². The van der Waals surface area contributed by atoms with Gasteiger partial charge in [-0.2, -0.15) is 0 Å². The molecule has 7 heteroatoms. The van der Waals surface area contributed by atoms with Crippen LogP contribution in [0, 0.1) is 5.41 Å². The summed E-state index contributed by atoms with van der Waals surface area (Å²) in [6, 6.07) is 7.08. The molecule has 1 atom stereocenters. The highest BCUT2D eigenvalue weighted by atomic mass is 35.5. The first-order valence-corrected chi connectivity index (χ1v) is 9.48. The normalized spacial score (nSPS) is 20.5. The Morgan fingerprint density at radius 2 is 1.68 bits per heavy atom. The number of hydrogen-bond donors (Lipinski definition) is 0. The highest BCUT2D eigenvalue weighted by Crippen LogP contribution is 2.48. The van der Waals surface area contributed by atoms with Gasteiger partial charge in [0, 0.05) is 37.5 Å². The molecule has 2 heterocycles. The topological polar surface area (TPSA) is 70.3 Å². The average molecular weight is 401 g/mol. The first-order valence-electron chi connectivity index (χ1n) is 9.10. The van der Waals surface area contributed by atoms with Crippen LogP contribution in [-0.4, -0.2) is 14.9 Å². The van der Waals surface area contributed by atoms with E-state index in [9.17, 15) is 14.4 Å². The molecular formula is C21H21ClN2O4. The molecule has 1 aromatic heterocycles. The van der Waals surface area contributed by atoms with Crippen LogP contribution in [0.2, 0.25) is 5.02 Å². The lowest BCUT2D eigenvalue weighted by molar-refractivity contribution is -0.118. The van der Waals surface area contributed by atoms with Gasteiger partial charge in [-0.25, -0.2) is 4.79 Å². The number of halogens is 1. The molecule has 2 aliphatic rings. The smallest absolute Gasteiger partial charge is 0.333 e. The number of fused-ring (bicyclic) bond motifs is 1. The number of allylic oxidation sites excluding steroid dienone is 2. The van der Waals surface area contributed by atoms with Gasteiger partial charge < -0.3 is 4.74 Å². The first kappa shape index (κ1) is 18.7. The van der Waals surface area contributed by atoms with Crippen molar-refractivity contribution in [3.8, 4) is 5.88 Å². The zero-order chi connectivity index (χ0) is 20.4. The number of ether oxygens (including phenoxy) is 1. The molecule has 0 N–H and O–H groups in total. The lowest BCUT2D eigenvalue weighted by Crippen LogP contribution is -2.44. The van der Waals surface area contributed by atoms with Crippen molar-refractivity contribution in [2.75, 3.05) is 0 Å². The SMILES string of the molecule is Cn1c2c(c(=O)n(C)c1=O)C(c1ccc(Cl)cc1)C1=C(CC(C)(C)CC1=O)O2. The fraction of sp³-hybridized carbons (Fsp3) is 0.381. The van der Waals surface area contributed by atoms with E-state index in [-0.39, 0.29) is 17.1 Å². The molecule has 4 rings (SSSR count). The minimum Gasteiger partial charge on any atom is -0.444 e. The summed E-state index contributed by atoms with van der Waals surface area (Å²) in [6.45, 7) is 4.02. The van der Waals surface area contributed by atoms with Crippen LogP contribution in [0.3, 0.4) is 0 Å². The number of nitrogens with zero attached hydrogens (tertiary/aromatic N) is 2. The van der Waals surface area contributed by atoms with Crippen molar-refractivity contribution in [1.29, 1.82) is 0 Å². The summed E-state index contributed by atoms with van der Waals surface area (Å²) in [4.78, 5) is 38.6. The molecular weight excluding hydrogens is 380 g/mol. The number of carbonyl (C=O) groups is 1. The van der Waals surface area contributed by atoms with Crippen LogP contribution in [0.25, 0.3) is 0 Å². The molecule has 0 fully saturated rings. The third-order valence-corrected chi connectivity index (χ3v) is 5.78. The molecule has 1 aromatic carbocycles. The maximum absolute atomic E-state index is 13.1. The Hall–Kier alpha value is -2.60. The largest absolute Gasteiger partial charge is 0.444 e. The molecule has 1 aliphatic heterocycles. The molecule has 1 unspecified atom stereocenters. The molecule has 0 saturated carbocycles. The van der Waals surface area contributed by atoms with Gasteiger partial charge in [0.2, 0.25) is 5.88 Å². The molecule has 28 heavy (non-hydrogen) atoms. The number of carbonyl (C=O) groups excluding carboxylic acids is 1. The van der Waals surface area contributed by atoms with E-state index in [0.717, 1.165) is 10.1 Å². The summed E-state index contributed by atoms with van der Waals surface area (Å²) >= 11 is 6.04. The summed E-state index contributed by atoms with van der Waals surface area (Å²) in [7, 11) is 3.00. The zero-order valence-electron chi connectivity index (χ0n) is 16.2. The molecule has 6 nitrogen and oxygen atoms in total. The van der Waals surface area contributed by atoms with Crippen LogP contribution in [-0.2, 0) is 18.9 Å². The van der Waals surface area contributed by atoms with Gasteiger partial charge in [-0.3, -0.25) is 18.7 Å². The molecule has 1 aliphatic carbocycles. The van der Waals surface area contributed by atoms with Crippen LogP contribution < -0.4 is 16.0 Å². The van der Waals surface area contributed by atoms with E-state index in [4.69, 9.17) is 16.3 Å². The molecule has 0 bridgehead atoms. The predicted octanol–water partition coefficient (Wildman–Crippen LogP) is 2.90. The fourth-order valence-electron chi connectivity index (χ4n) is 4.16. The monoisotopic (exact) mass is 400 g/mol. The summed E-state index contributed by atoms with van der Waals surface area (Å²) in [5.74, 6) is 0.118. The second-order valence-electron chi connectivity index (χ2n) is 8.29. The third kappa shape index (κ3) is 2.75. The van der Waals surface area contributed by atoms with Gasteiger partial charge in [-0.1, -0.05) is 37.6 Å². The Morgan fingerprint density at radius 3 is 2.32 bits per heavy atom. The Kier molecular flexibility index (Phi) is 4.16. The number of ketones is 1. The Balaban J connectivity index is 2.07. The molecule has 146 valence electrons. The second kappa shape index (κ2) is 6.21. The van der Waals surface area contributed by atoms with E-state index in [1.165, 1.54) is 11.6 Å². The Labute approximate surface area is 167 Å². The van der Waals surface area contributed by atoms with Gasteiger partial charge in [0.25, 0.3) is 5.56 Å². The Morgan fingerprint density at radius 1 is 1.04 bits per heavy atom. The quantitative estimate of drug-likeness (QED) is 0.738. The fourth-order valence-corrected chi connectivity index (χ4v) is 4.29. The zero-order valence-corrected chi connectivity index (χ0v) is 17.0. The summed E-state index contributed by atoms with van der Waals surface area (Å²) in [6.07, 6.45) is 0.932. The average Bonchev–Trinajstić information content (AvgIpc) is 2.63. The van der Waals surface area contributed by atoms with Crippen molar-refractivity contribution in [3.63, 3.8) is 0 Å². The predicted molar refractivity (Wildman–Crippen MR) is 106 cm³/mol. The number of Topliss-reactive ketones (excluding diaryl/α,β-unsaturated/α-hetero) is 1. The van der Waals surface area contributed by atoms with Crippen LogP contribution in [0.5, 0.6) is 5.88 Å². The minimum absolute atomic E-state index is 0.0345. The number of hydrogen-bond acceptors (Lipinski definition) is 4. The van der Waals surface area contributed by atoms with E-state index in [2.05, 4.69) is 0 Å². The van der Waals surface area contributed by atoms with Gasteiger partial charge in [-0.05, 0) is 23.1 Å². The molecule has 0 radical (unpaired) electrons. The highest BCUT2D eigenvalue weighted by Gasteiger charge is 2.44. The molecule has 2 aromatic rings. The lowest BCUT2D eigenvalue weighted by Gasteiger charge is -2.38. The van der Waals surface area contributed by atoms with E-state index in [0.29, 0.717) is 34.8 Å². The van der Waals surface area contributed by atoms with Crippen molar-refractivity contribution in [3.05, 3.63) is 72.6 Å². The van der Waals surface area contributed by atoms with Gasteiger partial charge in [0.15, 0.2) is 5.78 Å². The summed E-state index contributed by atoms with van der Waals surface area (Å²) < 4.78 is 8.43. The van der Waals surface area contributed by atoms with Crippen LogP contribution >= 0.6 is 11.6 Å². The van der Waals surface area contributed by atoms with Crippen molar-refractivity contribution in [2.45, 2.75) is 32.6 Å². The lowest BCUT2D eigenvalue weighted by atomic mass is 9.70. The maximum Gasteiger partial charge on any atom is 0.333 e. The Bertz CT molecular complexity index is 1150.